The van der Waals surface area contributed by atoms with Crippen LogP contribution in [0, 0.1) is 5.82 Å². The molecule has 0 aliphatic carbocycles. The number of hydrogen-bond donors (Lipinski definition) is 2. The first kappa shape index (κ1) is 9.16. The molecule has 3 heteroatoms. The lowest BCUT2D eigenvalue weighted by Gasteiger charge is -2.13. The van der Waals surface area contributed by atoms with E-state index in [-0.39, 0.29) is 5.56 Å². The molecule has 0 spiro atoms. The van der Waals surface area contributed by atoms with Crippen molar-refractivity contribution in [3.05, 3.63) is 35.6 Å². The van der Waals surface area contributed by atoms with E-state index in [9.17, 15) is 9.50 Å². The van der Waals surface area contributed by atoms with Crippen LogP contribution in [-0.4, -0.2) is 16.3 Å². The first-order valence-electron chi connectivity index (χ1n) is 3.73. The molecular weight excluding hydrogens is 159 g/mol. The second-order valence-electron chi connectivity index (χ2n) is 2.71. The van der Waals surface area contributed by atoms with Gasteiger partial charge in [0, 0.05) is 5.56 Å². The molecule has 1 rings (SSSR count). The van der Waals surface area contributed by atoms with Crippen molar-refractivity contribution in [3.63, 3.8) is 0 Å². The maximum absolute atomic E-state index is 12.9. The summed E-state index contributed by atoms with van der Waals surface area (Å²) >= 11 is 0. The summed E-state index contributed by atoms with van der Waals surface area (Å²) in [5.74, 6) is -0.495. The van der Waals surface area contributed by atoms with Crippen molar-refractivity contribution in [1.29, 1.82) is 0 Å². The highest BCUT2D eigenvalue weighted by atomic mass is 19.1. The van der Waals surface area contributed by atoms with Gasteiger partial charge in [-0.1, -0.05) is 18.2 Å². The Bertz CT molecular complexity index is 260. The van der Waals surface area contributed by atoms with E-state index < -0.39 is 18.0 Å². The van der Waals surface area contributed by atoms with Crippen molar-refractivity contribution >= 4 is 0 Å². The Hall–Kier alpha value is -0.930. The molecule has 0 saturated heterocycles. The van der Waals surface area contributed by atoms with Crippen LogP contribution in [0.5, 0.6) is 0 Å². The van der Waals surface area contributed by atoms with Gasteiger partial charge in [-0.15, -0.1) is 0 Å². The first-order valence-corrected chi connectivity index (χ1v) is 3.73. The molecule has 0 aliphatic heterocycles. The van der Waals surface area contributed by atoms with Crippen LogP contribution in [0.15, 0.2) is 24.3 Å². The normalized spacial score (nSPS) is 15.7. The summed E-state index contributed by atoms with van der Waals surface area (Å²) in [5, 5.41) is 18.3. The van der Waals surface area contributed by atoms with Gasteiger partial charge in [0.15, 0.2) is 0 Å². The summed E-state index contributed by atoms with van der Waals surface area (Å²) in [6.45, 7) is 1.41. The minimum Gasteiger partial charge on any atom is -0.390 e. The summed E-state index contributed by atoms with van der Waals surface area (Å²) in [5.41, 5.74) is 0.132. The quantitative estimate of drug-likeness (QED) is 0.701. The molecule has 2 nitrogen and oxygen atoms in total. The maximum Gasteiger partial charge on any atom is 0.129 e. The number of rotatable bonds is 2. The Kier molecular flexibility index (Phi) is 2.78. The number of aliphatic hydroxyl groups is 2. The zero-order valence-electron chi connectivity index (χ0n) is 6.74. The fourth-order valence-electron chi connectivity index (χ4n) is 0.975. The van der Waals surface area contributed by atoms with Gasteiger partial charge in [0.1, 0.15) is 11.9 Å². The standard InChI is InChI=1S/C9H11FO2/c1-6(11)9(12)7-4-2-3-5-8(7)10/h2-6,9,11-12H,1H3/t6?,9-/m0/s1. The van der Waals surface area contributed by atoms with E-state index in [2.05, 4.69) is 0 Å². The molecule has 0 radical (unpaired) electrons. The molecule has 1 unspecified atom stereocenters. The van der Waals surface area contributed by atoms with Crippen molar-refractivity contribution in [2.75, 3.05) is 0 Å². The molecule has 0 aliphatic rings. The van der Waals surface area contributed by atoms with Crippen LogP contribution in [0.4, 0.5) is 4.39 Å². The van der Waals surface area contributed by atoms with Crippen LogP contribution < -0.4 is 0 Å². The smallest absolute Gasteiger partial charge is 0.129 e. The van der Waals surface area contributed by atoms with Crippen LogP contribution in [0.1, 0.15) is 18.6 Å². The monoisotopic (exact) mass is 170 g/mol. The third-order valence-electron chi connectivity index (χ3n) is 1.68. The molecule has 1 aromatic rings. The Labute approximate surface area is 70.3 Å². The van der Waals surface area contributed by atoms with E-state index in [1.165, 1.54) is 25.1 Å². The van der Waals surface area contributed by atoms with Gasteiger partial charge in [-0.3, -0.25) is 0 Å². The zero-order valence-corrected chi connectivity index (χ0v) is 6.74. The maximum atomic E-state index is 12.9. The summed E-state index contributed by atoms with van der Waals surface area (Å²) < 4.78 is 12.9. The Morgan fingerprint density at radius 3 is 2.33 bits per heavy atom. The van der Waals surface area contributed by atoms with Gasteiger partial charge in [0.2, 0.25) is 0 Å². The molecule has 0 bridgehead atoms. The first-order chi connectivity index (χ1) is 5.63. The largest absolute Gasteiger partial charge is 0.390 e. The van der Waals surface area contributed by atoms with Crippen molar-refractivity contribution < 1.29 is 14.6 Å². The van der Waals surface area contributed by atoms with Crippen LogP contribution in [0.25, 0.3) is 0 Å². The van der Waals surface area contributed by atoms with Gasteiger partial charge in [0.05, 0.1) is 6.10 Å². The van der Waals surface area contributed by atoms with Crippen LogP contribution in [0.2, 0.25) is 0 Å². The Balaban J connectivity index is 2.94. The lowest BCUT2D eigenvalue weighted by molar-refractivity contribution is 0.0283. The fourth-order valence-corrected chi connectivity index (χ4v) is 0.975. The summed E-state index contributed by atoms with van der Waals surface area (Å²) in [4.78, 5) is 0. The van der Waals surface area contributed by atoms with Gasteiger partial charge in [0.25, 0.3) is 0 Å². The minimum atomic E-state index is -1.15. The van der Waals surface area contributed by atoms with E-state index in [0.29, 0.717) is 0 Å². The van der Waals surface area contributed by atoms with E-state index in [4.69, 9.17) is 5.11 Å². The highest BCUT2D eigenvalue weighted by Gasteiger charge is 2.16. The molecule has 0 fully saturated rings. The lowest BCUT2D eigenvalue weighted by atomic mass is 10.1. The summed E-state index contributed by atoms with van der Waals surface area (Å²) in [7, 11) is 0. The van der Waals surface area contributed by atoms with E-state index >= 15 is 0 Å². The van der Waals surface area contributed by atoms with Gasteiger partial charge in [-0.25, -0.2) is 4.39 Å². The van der Waals surface area contributed by atoms with Crippen LogP contribution >= 0.6 is 0 Å². The van der Waals surface area contributed by atoms with E-state index in [1.807, 2.05) is 0 Å². The number of hydrogen-bond acceptors (Lipinski definition) is 2. The second kappa shape index (κ2) is 3.65. The third kappa shape index (κ3) is 1.81. The summed E-state index contributed by atoms with van der Waals surface area (Å²) in [6.07, 6.45) is -2.10. The molecule has 0 amide bonds. The average molecular weight is 170 g/mol. The van der Waals surface area contributed by atoms with Gasteiger partial charge >= 0.3 is 0 Å². The molecule has 2 N–H and O–H groups in total. The van der Waals surface area contributed by atoms with Gasteiger partial charge in [-0.05, 0) is 13.0 Å². The fraction of sp³-hybridized carbons (Fsp3) is 0.333. The SMILES string of the molecule is CC(O)[C@H](O)c1ccccc1F. The number of benzene rings is 1. The molecular formula is C9H11FO2. The highest BCUT2D eigenvalue weighted by molar-refractivity contribution is 5.20. The topological polar surface area (TPSA) is 40.5 Å². The molecule has 0 heterocycles. The zero-order chi connectivity index (χ0) is 9.14. The summed E-state index contributed by atoms with van der Waals surface area (Å²) in [6, 6.07) is 5.85. The predicted molar refractivity (Wildman–Crippen MR) is 43.0 cm³/mol. The van der Waals surface area contributed by atoms with Crippen LogP contribution in [0.3, 0.4) is 0 Å². The molecule has 0 saturated carbocycles. The minimum absolute atomic E-state index is 0.132. The Morgan fingerprint density at radius 2 is 1.83 bits per heavy atom. The molecule has 12 heavy (non-hydrogen) atoms. The van der Waals surface area contributed by atoms with Crippen molar-refractivity contribution in [1.82, 2.24) is 0 Å². The van der Waals surface area contributed by atoms with Crippen molar-refractivity contribution in [3.8, 4) is 0 Å². The van der Waals surface area contributed by atoms with Gasteiger partial charge < -0.3 is 10.2 Å². The molecule has 2 atom stereocenters. The predicted octanol–water partition coefficient (Wildman–Crippen LogP) is 1.24. The van der Waals surface area contributed by atoms with Crippen molar-refractivity contribution in [2.45, 2.75) is 19.1 Å². The van der Waals surface area contributed by atoms with Crippen LogP contribution in [-0.2, 0) is 0 Å². The average Bonchev–Trinajstić information content (AvgIpc) is 2.04. The lowest BCUT2D eigenvalue weighted by Crippen LogP contribution is -2.14. The van der Waals surface area contributed by atoms with E-state index in [0.717, 1.165) is 0 Å². The number of aliphatic hydroxyl groups excluding tert-OH is 2. The van der Waals surface area contributed by atoms with E-state index in [1.54, 1.807) is 6.07 Å². The molecule has 66 valence electrons. The Morgan fingerprint density at radius 1 is 1.25 bits per heavy atom. The third-order valence-corrected chi connectivity index (χ3v) is 1.68. The highest BCUT2D eigenvalue weighted by Crippen LogP contribution is 2.19. The van der Waals surface area contributed by atoms with Crippen molar-refractivity contribution in [2.24, 2.45) is 0 Å². The second-order valence-corrected chi connectivity index (χ2v) is 2.71. The number of halogens is 1. The molecule has 1 aromatic carbocycles. The molecule has 0 aromatic heterocycles. The van der Waals surface area contributed by atoms with Gasteiger partial charge in [-0.2, -0.15) is 0 Å².